The van der Waals surface area contributed by atoms with Crippen molar-refractivity contribution in [3.8, 4) is 0 Å². The van der Waals surface area contributed by atoms with Crippen LogP contribution in [0.3, 0.4) is 0 Å². The first-order valence-electron chi connectivity index (χ1n) is 7.31. The molecule has 0 aromatic heterocycles. The van der Waals surface area contributed by atoms with E-state index in [0.717, 1.165) is 6.54 Å². The summed E-state index contributed by atoms with van der Waals surface area (Å²) in [7, 11) is 0. The zero-order valence-corrected chi connectivity index (χ0v) is 11.4. The summed E-state index contributed by atoms with van der Waals surface area (Å²) in [5.74, 6) is 0. The number of hydrogen-bond donors (Lipinski definition) is 1. The van der Waals surface area contributed by atoms with Crippen molar-refractivity contribution >= 4 is 0 Å². The molecule has 0 spiro atoms. The third-order valence-corrected chi connectivity index (χ3v) is 3.96. The second-order valence-corrected chi connectivity index (χ2v) is 5.74. The van der Waals surface area contributed by atoms with Crippen molar-refractivity contribution in [2.75, 3.05) is 6.54 Å². The molecular formula is C15H27NO. The van der Waals surface area contributed by atoms with Crippen LogP contribution in [-0.4, -0.2) is 24.8 Å². The maximum Gasteiger partial charge on any atom is 0.0565 e. The summed E-state index contributed by atoms with van der Waals surface area (Å²) in [4.78, 5) is 0. The molecule has 1 N–H and O–H groups in total. The van der Waals surface area contributed by atoms with Gasteiger partial charge in [-0.1, -0.05) is 11.6 Å². The highest BCUT2D eigenvalue weighted by molar-refractivity contribution is 5.05. The average molecular weight is 237 g/mol. The molecule has 2 rings (SSSR count). The van der Waals surface area contributed by atoms with Crippen LogP contribution in [0.1, 0.15) is 58.8 Å². The van der Waals surface area contributed by atoms with E-state index in [2.05, 4.69) is 25.2 Å². The molecule has 0 saturated carbocycles. The van der Waals surface area contributed by atoms with Crippen LogP contribution in [0.2, 0.25) is 0 Å². The minimum absolute atomic E-state index is 0.421. The van der Waals surface area contributed by atoms with Gasteiger partial charge < -0.3 is 10.1 Å². The van der Waals surface area contributed by atoms with E-state index in [1.807, 2.05) is 0 Å². The molecule has 0 bridgehead atoms. The van der Waals surface area contributed by atoms with Crippen molar-refractivity contribution in [2.24, 2.45) is 0 Å². The lowest BCUT2D eigenvalue weighted by atomic mass is 9.96. The topological polar surface area (TPSA) is 21.3 Å². The molecule has 0 aromatic rings. The van der Waals surface area contributed by atoms with E-state index >= 15 is 0 Å². The van der Waals surface area contributed by atoms with Crippen LogP contribution in [0.4, 0.5) is 0 Å². The minimum Gasteiger partial charge on any atom is -0.375 e. The summed E-state index contributed by atoms with van der Waals surface area (Å²) >= 11 is 0. The molecule has 2 atom stereocenters. The third-order valence-electron chi connectivity index (χ3n) is 3.96. The Kier molecular flexibility index (Phi) is 5.05. The molecule has 1 aliphatic carbocycles. The molecule has 0 radical (unpaired) electrons. The van der Waals surface area contributed by atoms with Crippen LogP contribution in [0.5, 0.6) is 0 Å². The summed E-state index contributed by atoms with van der Waals surface area (Å²) in [6, 6.07) is 0.665. The number of hydrogen-bond acceptors (Lipinski definition) is 2. The molecule has 1 fully saturated rings. The van der Waals surface area contributed by atoms with Gasteiger partial charge in [0.1, 0.15) is 0 Å². The fourth-order valence-electron chi connectivity index (χ4n) is 3.14. The smallest absolute Gasteiger partial charge is 0.0565 e. The first kappa shape index (κ1) is 13.1. The number of nitrogens with one attached hydrogen (secondary N) is 1. The zero-order chi connectivity index (χ0) is 12.1. The second kappa shape index (κ2) is 6.55. The van der Waals surface area contributed by atoms with Gasteiger partial charge in [0, 0.05) is 6.04 Å². The molecule has 17 heavy (non-hydrogen) atoms. The predicted molar refractivity (Wildman–Crippen MR) is 72.2 cm³/mol. The van der Waals surface area contributed by atoms with Crippen LogP contribution in [0.25, 0.3) is 0 Å². The second-order valence-electron chi connectivity index (χ2n) is 5.74. The minimum atomic E-state index is 0.421. The lowest BCUT2D eigenvalue weighted by Gasteiger charge is -2.32. The van der Waals surface area contributed by atoms with E-state index < -0.39 is 0 Å². The Morgan fingerprint density at radius 2 is 2.00 bits per heavy atom. The molecule has 98 valence electrons. The molecule has 1 aliphatic heterocycles. The van der Waals surface area contributed by atoms with E-state index in [4.69, 9.17) is 4.74 Å². The average Bonchev–Trinajstić information content (AvgIpc) is 2.29. The van der Waals surface area contributed by atoms with Crippen molar-refractivity contribution in [1.29, 1.82) is 0 Å². The quantitative estimate of drug-likeness (QED) is 0.756. The van der Waals surface area contributed by atoms with Gasteiger partial charge >= 0.3 is 0 Å². The van der Waals surface area contributed by atoms with Crippen molar-refractivity contribution < 1.29 is 4.74 Å². The summed E-state index contributed by atoms with van der Waals surface area (Å²) < 4.78 is 5.76. The molecule has 2 aliphatic rings. The highest BCUT2D eigenvalue weighted by Gasteiger charge is 2.23. The molecule has 1 heterocycles. The summed E-state index contributed by atoms with van der Waals surface area (Å²) in [5.41, 5.74) is 1.68. The SMILES string of the molecule is CC1CC(NCCC2=CCCCC2)CC(C)O1. The Morgan fingerprint density at radius 3 is 2.65 bits per heavy atom. The van der Waals surface area contributed by atoms with Crippen LogP contribution in [0.15, 0.2) is 11.6 Å². The van der Waals surface area contributed by atoms with Crippen molar-refractivity contribution in [3.63, 3.8) is 0 Å². The molecule has 2 heteroatoms. The zero-order valence-electron chi connectivity index (χ0n) is 11.4. The van der Waals surface area contributed by atoms with Gasteiger partial charge in [-0.2, -0.15) is 0 Å². The summed E-state index contributed by atoms with van der Waals surface area (Å²) in [6.07, 6.45) is 12.3. The molecule has 1 saturated heterocycles. The lowest BCUT2D eigenvalue weighted by molar-refractivity contribution is -0.0419. The Bertz CT molecular complexity index is 252. The normalized spacial score (nSPS) is 34.5. The maximum atomic E-state index is 5.76. The van der Waals surface area contributed by atoms with E-state index in [0.29, 0.717) is 18.2 Å². The Morgan fingerprint density at radius 1 is 1.24 bits per heavy atom. The fraction of sp³-hybridized carbons (Fsp3) is 0.867. The number of ether oxygens (including phenoxy) is 1. The van der Waals surface area contributed by atoms with E-state index in [9.17, 15) is 0 Å². The van der Waals surface area contributed by atoms with Gasteiger partial charge in [0.05, 0.1) is 12.2 Å². The molecule has 0 amide bonds. The Balaban J connectivity index is 1.65. The first-order chi connectivity index (χ1) is 8.24. The van der Waals surface area contributed by atoms with E-state index in [1.54, 1.807) is 5.57 Å². The van der Waals surface area contributed by atoms with Gasteiger partial charge in [0.25, 0.3) is 0 Å². The fourth-order valence-corrected chi connectivity index (χ4v) is 3.14. The maximum absolute atomic E-state index is 5.76. The monoisotopic (exact) mass is 237 g/mol. The third kappa shape index (κ3) is 4.44. The standard InChI is InChI=1S/C15H27NO/c1-12-10-15(11-13(2)17-12)16-9-8-14-6-4-3-5-7-14/h6,12-13,15-16H,3-5,7-11H2,1-2H3. The summed E-state index contributed by atoms with van der Waals surface area (Å²) in [5, 5.41) is 3.71. The van der Waals surface area contributed by atoms with Crippen molar-refractivity contribution in [2.45, 2.75) is 77.0 Å². The highest BCUT2D eigenvalue weighted by atomic mass is 16.5. The van der Waals surface area contributed by atoms with Gasteiger partial charge in [-0.25, -0.2) is 0 Å². The molecule has 2 nitrogen and oxygen atoms in total. The van der Waals surface area contributed by atoms with Crippen LogP contribution < -0.4 is 5.32 Å². The largest absolute Gasteiger partial charge is 0.375 e. The predicted octanol–water partition coefficient (Wildman–Crippen LogP) is 3.42. The number of allylic oxidation sites excluding steroid dienone is 1. The van der Waals surface area contributed by atoms with Gasteiger partial charge in [0.15, 0.2) is 0 Å². The Hall–Kier alpha value is -0.340. The van der Waals surface area contributed by atoms with Gasteiger partial charge in [-0.05, 0) is 65.3 Å². The lowest BCUT2D eigenvalue weighted by Crippen LogP contribution is -2.41. The van der Waals surface area contributed by atoms with Crippen LogP contribution in [0, 0.1) is 0 Å². The van der Waals surface area contributed by atoms with Gasteiger partial charge in [-0.15, -0.1) is 0 Å². The summed E-state index contributed by atoms with van der Waals surface area (Å²) in [6.45, 7) is 5.53. The first-order valence-corrected chi connectivity index (χ1v) is 7.31. The van der Waals surface area contributed by atoms with E-state index in [1.165, 1.54) is 44.9 Å². The molecular weight excluding hydrogens is 210 g/mol. The van der Waals surface area contributed by atoms with Gasteiger partial charge in [-0.3, -0.25) is 0 Å². The Labute approximate surface area is 106 Å². The van der Waals surface area contributed by atoms with Crippen molar-refractivity contribution in [3.05, 3.63) is 11.6 Å². The number of rotatable bonds is 4. The van der Waals surface area contributed by atoms with Crippen molar-refractivity contribution in [1.82, 2.24) is 5.32 Å². The van der Waals surface area contributed by atoms with Gasteiger partial charge in [0.2, 0.25) is 0 Å². The van der Waals surface area contributed by atoms with Crippen LogP contribution in [-0.2, 0) is 4.74 Å². The van der Waals surface area contributed by atoms with E-state index in [-0.39, 0.29) is 0 Å². The molecule has 2 unspecified atom stereocenters. The van der Waals surface area contributed by atoms with Crippen LogP contribution >= 0.6 is 0 Å². The highest BCUT2D eigenvalue weighted by Crippen LogP contribution is 2.21. The molecule has 0 aromatic carbocycles.